The average molecular weight is 413 g/mol. The van der Waals surface area contributed by atoms with Gasteiger partial charge in [-0.2, -0.15) is 0 Å². The predicted molar refractivity (Wildman–Crippen MR) is 107 cm³/mol. The van der Waals surface area contributed by atoms with E-state index < -0.39 is 22.1 Å². The fourth-order valence-electron chi connectivity index (χ4n) is 3.50. The Morgan fingerprint density at radius 1 is 1.00 bits per heavy atom. The molecule has 2 aromatic carbocycles. The third-order valence-corrected chi connectivity index (χ3v) is 6.87. The molecule has 2 aliphatic carbocycles. The Morgan fingerprint density at radius 2 is 1.66 bits per heavy atom. The van der Waals surface area contributed by atoms with Gasteiger partial charge in [-0.05, 0) is 80.5 Å². The number of aryl methyl sites for hydroxylation is 2. The molecule has 0 bridgehead atoms. The molecular weight excluding hydrogens is 390 g/mol. The van der Waals surface area contributed by atoms with Gasteiger partial charge in [0, 0.05) is 11.6 Å². The second-order valence-electron chi connectivity index (χ2n) is 7.67. The van der Waals surface area contributed by atoms with E-state index in [4.69, 9.17) is 4.74 Å². The van der Waals surface area contributed by atoms with Crippen molar-refractivity contribution in [2.75, 3.05) is 0 Å². The standard InChI is InChI=1S/C22H23NO5S/c1-14(21(24)18-6-5-15-3-2-4-17(15)13-18)28-22(25)16-7-11-20(12-8-16)29(26,27)23-19-9-10-19/h5-8,11-14,19,23H,2-4,9-10H2,1H3. The number of carbonyl (C=O) groups is 2. The number of fused-ring (bicyclic) bond motifs is 1. The van der Waals surface area contributed by atoms with Gasteiger partial charge in [-0.15, -0.1) is 0 Å². The largest absolute Gasteiger partial charge is 0.451 e. The quantitative estimate of drug-likeness (QED) is 0.557. The van der Waals surface area contributed by atoms with Crippen LogP contribution in [0.25, 0.3) is 0 Å². The first-order valence-corrected chi connectivity index (χ1v) is 11.3. The Bertz CT molecular complexity index is 1060. The van der Waals surface area contributed by atoms with Gasteiger partial charge >= 0.3 is 5.97 Å². The minimum atomic E-state index is -3.57. The lowest BCUT2D eigenvalue weighted by atomic mass is 10.0. The van der Waals surface area contributed by atoms with Crippen LogP contribution in [0, 0.1) is 0 Å². The van der Waals surface area contributed by atoms with Gasteiger partial charge in [-0.25, -0.2) is 17.9 Å². The van der Waals surface area contributed by atoms with Crippen LogP contribution in [0.3, 0.4) is 0 Å². The van der Waals surface area contributed by atoms with Gasteiger partial charge < -0.3 is 4.74 Å². The maximum absolute atomic E-state index is 12.6. The van der Waals surface area contributed by atoms with E-state index in [1.807, 2.05) is 12.1 Å². The number of hydrogen-bond donors (Lipinski definition) is 1. The summed E-state index contributed by atoms with van der Waals surface area (Å²) in [6, 6.07) is 11.2. The highest BCUT2D eigenvalue weighted by molar-refractivity contribution is 7.89. The molecule has 0 radical (unpaired) electrons. The lowest BCUT2D eigenvalue weighted by molar-refractivity contribution is 0.0318. The van der Waals surface area contributed by atoms with E-state index in [0.717, 1.165) is 32.1 Å². The molecule has 2 aromatic rings. The van der Waals surface area contributed by atoms with Gasteiger partial charge in [0.25, 0.3) is 0 Å². The number of carbonyl (C=O) groups excluding carboxylic acids is 2. The van der Waals surface area contributed by atoms with E-state index >= 15 is 0 Å². The molecular formula is C22H23NO5S. The number of hydrogen-bond acceptors (Lipinski definition) is 5. The summed E-state index contributed by atoms with van der Waals surface area (Å²) in [4.78, 5) is 25.1. The Kier molecular flexibility index (Phi) is 5.27. The van der Waals surface area contributed by atoms with Gasteiger partial charge in [0.1, 0.15) is 0 Å². The zero-order valence-electron chi connectivity index (χ0n) is 16.2. The zero-order chi connectivity index (χ0) is 20.6. The Morgan fingerprint density at radius 3 is 2.34 bits per heavy atom. The first-order valence-electron chi connectivity index (χ1n) is 9.83. The molecule has 1 unspecified atom stereocenters. The minimum Gasteiger partial charge on any atom is -0.451 e. The SMILES string of the molecule is CC(OC(=O)c1ccc(S(=O)(=O)NC2CC2)cc1)C(=O)c1ccc2c(c1)CCC2. The normalized spacial score (nSPS) is 16.9. The molecule has 0 saturated heterocycles. The molecule has 1 atom stereocenters. The predicted octanol–water partition coefficient (Wildman–Crippen LogP) is 3.04. The fourth-order valence-corrected chi connectivity index (χ4v) is 4.81. The third kappa shape index (κ3) is 4.41. The topological polar surface area (TPSA) is 89.5 Å². The fraction of sp³-hybridized carbons (Fsp3) is 0.364. The summed E-state index contributed by atoms with van der Waals surface area (Å²) in [5.74, 6) is -0.910. The van der Waals surface area contributed by atoms with Crippen molar-refractivity contribution in [3.8, 4) is 0 Å². The van der Waals surface area contributed by atoms with Crippen LogP contribution in [0.1, 0.15) is 58.0 Å². The van der Waals surface area contributed by atoms with Crippen LogP contribution in [0.4, 0.5) is 0 Å². The number of esters is 1. The Hall–Kier alpha value is -2.51. The summed E-state index contributed by atoms with van der Waals surface area (Å²) in [5.41, 5.74) is 3.20. The number of ketones is 1. The molecule has 0 aliphatic heterocycles. The monoisotopic (exact) mass is 413 g/mol. The van der Waals surface area contributed by atoms with E-state index in [1.54, 1.807) is 13.0 Å². The van der Waals surface area contributed by atoms with Crippen LogP contribution in [-0.2, 0) is 27.6 Å². The molecule has 1 N–H and O–H groups in total. The molecule has 1 fully saturated rings. The van der Waals surface area contributed by atoms with Crippen molar-refractivity contribution in [3.05, 3.63) is 64.7 Å². The van der Waals surface area contributed by atoms with Gasteiger partial charge in [0.05, 0.1) is 10.5 Å². The first kappa shape index (κ1) is 19.8. The summed E-state index contributed by atoms with van der Waals surface area (Å²) >= 11 is 0. The molecule has 0 heterocycles. The second-order valence-corrected chi connectivity index (χ2v) is 9.38. The number of benzene rings is 2. The number of sulfonamides is 1. The molecule has 6 nitrogen and oxygen atoms in total. The maximum atomic E-state index is 12.6. The van der Waals surface area contributed by atoms with Gasteiger partial charge in [-0.3, -0.25) is 4.79 Å². The number of Topliss-reactive ketones (excluding diaryl/α,β-unsaturated/α-hetero) is 1. The third-order valence-electron chi connectivity index (χ3n) is 5.34. The van der Waals surface area contributed by atoms with Crippen LogP contribution in [-0.4, -0.2) is 32.3 Å². The first-order chi connectivity index (χ1) is 13.8. The summed E-state index contributed by atoms with van der Waals surface area (Å²) in [6.45, 7) is 1.55. The highest BCUT2D eigenvalue weighted by Gasteiger charge is 2.28. The molecule has 0 aromatic heterocycles. The van der Waals surface area contributed by atoms with Crippen LogP contribution in [0.15, 0.2) is 47.4 Å². The van der Waals surface area contributed by atoms with Crippen molar-refractivity contribution >= 4 is 21.8 Å². The smallest absolute Gasteiger partial charge is 0.338 e. The van der Waals surface area contributed by atoms with Gasteiger partial charge in [0.15, 0.2) is 6.10 Å². The van der Waals surface area contributed by atoms with Crippen molar-refractivity contribution in [1.29, 1.82) is 0 Å². The lowest BCUT2D eigenvalue weighted by Crippen LogP contribution is -2.26. The van der Waals surface area contributed by atoms with E-state index in [2.05, 4.69) is 4.72 Å². The number of nitrogens with one attached hydrogen (secondary N) is 1. The molecule has 29 heavy (non-hydrogen) atoms. The van der Waals surface area contributed by atoms with Crippen molar-refractivity contribution in [2.45, 2.75) is 56.1 Å². The lowest BCUT2D eigenvalue weighted by Gasteiger charge is -2.13. The molecule has 4 rings (SSSR count). The van der Waals surface area contributed by atoms with Gasteiger partial charge in [-0.1, -0.05) is 12.1 Å². The van der Waals surface area contributed by atoms with Crippen LogP contribution >= 0.6 is 0 Å². The zero-order valence-corrected chi connectivity index (χ0v) is 17.0. The molecule has 1 saturated carbocycles. The molecule has 152 valence electrons. The van der Waals surface area contributed by atoms with Crippen LogP contribution in [0.2, 0.25) is 0 Å². The van der Waals surface area contributed by atoms with E-state index in [1.165, 1.54) is 35.4 Å². The van der Waals surface area contributed by atoms with Crippen molar-refractivity contribution in [2.24, 2.45) is 0 Å². The van der Waals surface area contributed by atoms with Gasteiger partial charge in [0.2, 0.25) is 15.8 Å². The summed E-state index contributed by atoms with van der Waals surface area (Å²) in [7, 11) is -3.57. The minimum absolute atomic E-state index is 0.00993. The van der Waals surface area contributed by atoms with E-state index in [9.17, 15) is 18.0 Å². The maximum Gasteiger partial charge on any atom is 0.338 e. The van der Waals surface area contributed by atoms with Crippen molar-refractivity contribution < 1.29 is 22.7 Å². The highest BCUT2D eigenvalue weighted by atomic mass is 32.2. The Labute approximate surface area is 170 Å². The summed E-state index contributed by atoms with van der Waals surface area (Å²) in [5, 5.41) is 0. The molecule has 7 heteroatoms. The number of rotatable bonds is 7. The molecule has 2 aliphatic rings. The van der Waals surface area contributed by atoms with Crippen LogP contribution < -0.4 is 4.72 Å². The summed E-state index contributed by atoms with van der Waals surface area (Å²) in [6.07, 6.45) is 3.87. The summed E-state index contributed by atoms with van der Waals surface area (Å²) < 4.78 is 32.3. The van der Waals surface area contributed by atoms with E-state index in [0.29, 0.717) is 5.56 Å². The Balaban J connectivity index is 1.41. The molecule has 0 spiro atoms. The van der Waals surface area contributed by atoms with Crippen molar-refractivity contribution in [1.82, 2.24) is 4.72 Å². The van der Waals surface area contributed by atoms with E-state index in [-0.39, 0.29) is 22.3 Å². The molecule has 0 amide bonds. The highest BCUT2D eigenvalue weighted by Crippen LogP contribution is 2.24. The average Bonchev–Trinajstić information content (AvgIpc) is 3.38. The number of ether oxygens (including phenoxy) is 1. The second kappa shape index (κ2) is 7.72. The van der Waals surface area contributed by atoms with Crippen LogP contribution in [0.5, 0.6) is 0 Å². The van der Waals surface area contributed by atoms with Crippen molar-refractivity contribution in [3.63, 3.8) is 0 Å².